The van der Waals surface area contributed by atoms with Gasteiger partial charge in [-0.3, -0.25) is 0 Å². The summed E-state index contributed by atoms with van der Waals surface area (Å²) >= 11 is 3.39. The Labute approximate surface area is 112 Å². The number of thiazole rings is 2. The van der Waals surface area contributed by atoms with Gasteiger partial charge in [0, 0.05) is 23.7 Å². The highest BCUT2D eigenvalue weighted by Crippen LogP contribution is 2.30. The van der Waals surface area contributed by atoms with Crippen molar-refractivity contribution >= 4 is 22.7 Å². The molecule has 0 aromatic carbocycles. The van der Waals surface area contributed by atoms with Gasteiger partial charge in [-0.15, -0.1) is 22.7 Å². The van der Waals surface area contributed by atoms with Crippen molar-refractivity contribution in [2.75, 3.05) is 0 Å². The van der Waals surface area contributed by atoms with Gasteiger partial charge >= 0.3 is 0 Å². The van der Waals surface area contributed by atoms with E-state index >= 15 is 0 Å². The van der Waals surface area contributed by atoms with Gasteiger partial charge in [0.2, 0.25) is 0 Å². The monoisotopic (exact) mass is 277 g/mol. The van der Waals surface area contributed by atoms with E-state index in [1.807, 2.05) is 19.3 Å². The molecule has 18 heavy (non-hydrogen) atoms. The molecular weight excluding hydrogens is 266 g/mol. The lowest BCUT2D eigenvalue weighted by molar-refractivity contribution is 0.494. The van der Waals surface area contributed by atoms with Gasteiger partial charge in [0.25, 0.3) is 0 Å². The fourth-order valence-corrected chi connectivity index (χ4v) is 3.34. The molecule has 6 heteroatoms. The van der Waals surface area contributed by atoms with E-state index in [-0.39, 0.29) is 0 Å². The lowest BCUT2D eigenvalue weighted by atomic mass is 10.3. The van der Waals surface area contributed by atoms with Gasteiger partial charge < -0.3 is 4.42 Å². The molecule has 3 aromatic heterocycles. The lowest BCUT2D eigenvalue weighted by Crippen LogP contribution is -1.87. The molecule has 4 nitrogen and oxygen atoms in total. The Morgan fingerprint density at radius 1 is 1.11 bits per heavy atom. The first kappa shape index (κ1) is 11.6. The largest absolute Gasteiger partial charge is 0.449 e. The third kappa shape index (κ3) is 2.49. The molecule has 0 spiro atoms. The van der Waals surface area contributed by atoms with E-state index in [1.165, 1.54) is 4.88 Å². The fraction of sp³-hybridized carbons (Fsp3) is 0.250. The number of oxazole rings is 1. The summed E-state index contributed by atoms with van der Waals surface area (Å²) in [6, 6.07) is 0. The topological polar surface area (TPSA) is 51.8 Å². The minimum absolute atomic E-state index is 0.776. The predicted molar refractivity (Wildman–Crippen MR) is 71.9 cm³/mol. The van der Waals surface area contributed by atoms with Gasteiger partial charge in [0.05, 0.1) is 16.1 Å². The molecule has 0 bridgehead atoms. The summed E-state index contributed by atoms with van der Waals surface area (Å²) in [7, 11) is 0. The van der Waals surface area contributed by atoms with Crippen LogP contribution in [0.3, 0.4) is 0 Å². The Bertz CT molecular complexity index is 627. The molecule has 3 aromatic rings. The van der Waals surface area contributed by atoms with Crippen molar-refractivity contribution in [1.29, 1.82) is 0 Å². The molecule has 0 radical (unpaired) electrons. The average molecular weight is 277 g/mol. The minimum Gasteiger partial charge on any atom is -0.449 e. The highest BCUT2D eigenvalue weighted by Gasteiger charge is 2.08. The van der Waals surface area contributed by atoms with Gasteiger partial charge in [0.1, 0.15) is 11.3 Å². The van der Waals surface area contributed by atoms with Gasteiger partial charge in [0.15, 0.2) is 5.89 Å². The number of hydrogen-bond acceptors (Lipinski definition) is 6. The Hall–Kier alpha value is -1.53. The SMILES string of the molecule is Cc1ncc(-c2ncc(CCc3ncco3)s2)s1. The van der Waals surface area contributed by atoms with E-state index in [4.69, 9.17) is 4.42 Å². The Morgan fingerprint density at radius 2 is 2.06 bits per heavy atom. The quantitative estimate of drug-likeness (QED) is 0.734. The van der Waals surface area contributed by atoms with E-state index in [0.29, 0.717) is 0 Å². The minimum atomic E-state index is 0.776. The number of aromatic nitrogens is 3. The second-order valence-corrected chi connectivity index (χ2v) is 6.15. The third-order valence-electron chi connectivity index (χ3n) is 2.45. The summed E-state index contributed by atoms with van der Waals surface area (Å²) in [4.78, 5) is 15.2. The van der Waals surface area contributed by atoms with Gasteiger partial charge in [-0.05, 0) is 13.3 Å². The van der Waals surface area contributed by atoms with Crippen LogP contribution in [-0.4, -0.2) is 15.0 Å². The summed E-state index contributed by atoms with van der Waals surface area (Å²) in [5.41, 5.74) is 0. The van der Waals surface area contributed by atoms with Crippen molar-refractivity contribution in [3.05, 3.63) is 40.6 Å². The van der Waals surface area contributed by atoms with Crippen molar-refractivity contribution in [1.82, 2.24) is 15.0 Å². The molecule has 0 unspecified atom stereocenters. The molecule has 3 heterocycles. The maximum absolute atomic E-state index is 5.22. The van der Waals surface area contributed by atoms with Gasteiger partial charge in [-0.25, -0.2) is 15.0 Å². The molecule has 0 aliphatic carbocycles. The van der Waals surface area contributed by atoms with Crippen LogP contribution >= 0.6 is 22.7 Å². The van der Waals surface area contributed by atoms with Crippen LogP contribution in [0.4, 0.5) is 0 Å². The van der Waals surface area contributed by atoms with Crippen LogP contribution in [0.15, 0.2) is 29.3 Å². The second-order valence-electron chi connectivity index (χ2n) is 3.80. The first-order chi connectivity index (χ1) is 8.81. The van der Waals surface area contributed by atoms with Gasteiger partial charge in [-0.2, -0.15) is 0 Å². The summed E-state index contributed by atoms with van der Waals surface area (Å²) in [6.07, 6.45) is 8.82. The number of nitrogens with zero attached hydrogens (tertiary/aromatic N) is 3. The van der Waals surface area contributed by atoms with E-state index < -0.39 is 0 Å². The van der Waals surface area contributed by atoms with Crippen molar-refractivity contribution < 1.29 is 4.42 Å². The van der Waals surface area contributed by atoms with Crippen LogP contribution < -0.4 is 0 Å². The normalized spacial score (nSPS) is 10.9. The molecule has 0 amide bonds. The van der Waals surface area contributed by atoms with E-state index in [1.54, 1.807) is 35.1 Å². The van der Waals surface area contributed by atoms with Crippen molar-refractivity contribution in [2.24, 2.45) is 0 Å². The van der Waals surface area contributed by atoms with E-state index in [9.17, 15) is 0 Å². The fourth-order valence-electron chi connectivity index (χ4n) is 1.60. The van der Waals surface area contributed by atoms with Crippen LogP contribution in [0.25, 0.3) is 9.88 Å². The van der Waals surface area contributed by atoms with Crippen LogP contribution in [0.5, 0.6) is 0 Å². The predicted octanol–water partition coefficient (Wildman–Crippen LogP) is 3.35. The maximum Gasteiger partial charge on any atom is 0.194 e. The lowest BCUT2D eigenvalue weighted by Gasteiger charge is -1.91. The molecule has 0 aliphatic heterocycles. The highest BCUT2D eigenvalue weighted by atomic mass is 32.1. The van der Waals surface area contributed by atoms with Crippen molar-refractivity contribution in [3.63, 3.8) is 0 Å². The smallest absolute Gasteiger partial charge is 0.194 e. The van der Waals surface area contributed by atoms with Crippen molar-refractivity contribution in [2.45, 2.75) is 19.8 Å². The first-order valence-corrected chi connectivity index (χ1v) is 7.20. The summed E-state index contributed by atoms with van der Waals surface area (Å²) in [5.74, 6) is 0.776. The molecule has 0 saturated heterocycles. The zero-order valence-electron chi connectivity index (χ0n) is 9.79. The standard InChI is InChI=1S/C12H11N3OS2/c1-8-14-7-10(17-8)12-15-6-9(18-12)2-3-11-13-4-5-16-11/h4-7H,2-3H2,1H3. The summed E-state index contributed by atoms with van der Waals surface area (Å²) in [5, 5.41) is 2.12. The number of aryl methyl sites for hydroxylation is 3. The maximum atomic E-state index is 5.22. The highest BCUT2D eigenvalue weighted by molar-refractivity contribution is 7.21. The molecule has 0 saturated carbocycles. The third-order valence-corrected chi connectivity index (χ3v) is 4.59. The Balaban J connectivity index is 1.70. The molecule has 0 aliphatic rings. The van der Waals surface area contributed by atoms with Crippen LogP contribution in [0, 0.1) is 6.92 Å². The summed E-state index contributed by atoms with van der Waals surface area (Å²) in [6.45, 7) is 2.01. The molecule has 3 rings (SSSR count). The second kappa shape index (κ2) is 4.99. The molecule has 0 atom stereocenters. The van der Waals surface area contributed by atoms with Crippen LogP contribution in [0.2, 0.25) is 0 Å². The zero-order chi connectivity index (χ0) is 12.4. The Morgan fingerprint density at radius 3 is 2.78 bits per heavy atom. The molecular formula is C12H11N3OS2. The van der Waals surface area contributed by atoms with E-state index in [2.05, 4.69) is 15.0 Å². The molecule has 0 fully saturated rings. The molecule has 0 N–H and O–H groups in total. The van der Waals surface area contributed by atoms with Gasteiger partial charge in [-0.1, -0.05) is 0 Å². The summed E-state index contributed by atoms with van der Waals surface area (Å²) < 4.78 is 5.22. The first-order valence-electron chi connectivity index (χ1n) is 5.57. The molecule has 92 valence electrons. The van der Waals surface area contributed by atoms with E-state index in [0.717, 1.165) is 33.6 Å². The Kier molecular flexibility index (Phi) is 3.21. The zero-order valence-corrected chi connectivity index (χ0v) is 11.4. The number of rotatable bonds is 4. The average Bonchev–Trinajstić information content (AvgIpc) is 3.07. The van der Waals surface area contributed by atoms with Crippen molar-refractivity contribution in [3.8, 4) is 9.88 Å². The van der Waals surface area contributed by atoms with Crippen LogP contribution in [0.1, 0.15) is 15.8 Å². The van der Waals surface area contributed by atoms with Crippen LogP contribution in [-0.2, 0) is 12.8 Å². The number of hydrogen-bond donors (Lipinski definition) is 0.